The van der Waals surface area contributed by atoms with Crippen LogP contribution in [-0.2, 0) is 16.5 Å². The first-order chi connectivity index (χ1) is 17.1. The van der Waals surface area contributed by atoms with Crippen molar-refractivity contribution in [3.63, 3.8) is 0 Å². The summed E-state index contributed by atoms with van der Waals surface area (Å²) in [4.78, 5) is 0. The molecule has 3 rings (SSSR count). The van der Waals surface area contributed by atoms with Gasteiger partial charge in [0.15, 0.2) is 69.8 Å². The summed E-state index contributed by atoms with van der Waals surface area (Å²) in [6.45, 7) is 0. The van der Waals surface area contributed by atoms with Crippen molar-refractivity contribution in [3.05, 3.63) is 87.3 Å². The summed E-state index contributed by atoms with van der Waals surface area (Å²) in [6, 6.07) is 0. The molecule has 0 nitrogen and oxygen atoms in total. The molecule has 0 heterocycles. The van der Waals surface area contributed by atoms with Gasteiger partial charge in [0.25, 0.3) is 0 Å². The van der Waals surface area contributed by atoms with Crippen molar-refractivity contribution >= 4 is 42.7 Å². The molecule has 0 aromatic heterocycles. The topological polar surface area (TPSA) is 0 Å². The van der Waals surface area contributed by atoms with Gasteiger partial charge in [0.2, 0.25) is 17.5 Å². The molecule has 0 aliphatic heterocycles. The summed E-state index contributed by atoms with van der Waals surface area (Å²) in [5, 5.41) is -7.84. The van der Waals surface area contributed by atoms with Crippen molar-refractivity contribution in [3.8, 4) is 0 Å². The van der Waals surface area contributed by atoms with Crippen LogP contribution in [0.3, 0.4) is 0 Å². The fraction of sp³-hybridized carbons (Fsp3) is 0. The molecule has 0 aliphatic carbocycles. The molecule has 3 aromatic rings. The van der Waals surface area contributed by atoms with E-state index in [0.717, 1.165) is 0 Å². The van der Waals surface area contributed by atoms with E-state index < -0.39 is 128 Å². The van der Waals surface area contributed by atoms with Gasteiger partial charge in [-0.25, -0.2) is 65.9 Å². The van der Waals surface area contributed by atoms with E-state index in [1.54, 1.807) is 0 Å². The second kappa shape index (κ2) is 12.0. The zero-order chi connectivity index (χ0) is 28.7. The van der Waals surface area contributed by atoms with Gasteiger partial charge < -0.3 is 0 Å². The zero-order valence-electron chi connectivity index (χ0n) is 16.2. The van der Waals surface area contributed by atoms with Gasteiger partial charge in [0, 0.05) is 7.92 Å². The summed E-state index contributed by atoms with van der Waals surface area (Å²) < 4.78 is 209. The molecule has 0 atom stereocenters. The van der Waals surface area contributed by atoms with E-state index in [0.29, 0.717) is 0 Å². The molecule has 19 heteroatoms. The van der Waals surface area contributed by atoms with Gasteiger partial charge in [0.1, 0.15) is 0 Å². The Kier molecular flexibility index (Phi) is 10.2. The van der Waals surface area contributed by atoms with Crippen molar-refractivity contribution in [2.24, 2.45) is 0 Å². The van der Waals surface area contributed by atoms with Crippen LogP contribution in [0.5, 0.6) is 0 Å². The van der Waals surface area contributed by atoms with Gasteiger partial charge in [0.05, 0.1) is 15.9 Å². The molecule has 206 valence electrons. The minimum atomic E-state index is -4.90. The van der Waals surface area contributed by atoms with Crippen molar-refractivity contribution < 1.29 is 82.3 Å². The van der Waals surface area contributed by atoms with Crippen LogP contribution in [0.1, 0.15) is 0 Å². The summed E-state index contributed by atoms with van der Waals surface area (Å²) in [5.74, 6) is -44.9. The second-order valence-corrected chi connectivity index (χ2v) is 11.4. The molecule has 0 fully saturated rings. The van der Waals surface area contributed by atoms with Gasteiger partial charge in [-0.1, -0.05) is 0 Å². The maximum atomic E-state index is 14.4. The van der Waals surface area contributed by atoms with Crippen molar-refractivity contribution in [2.75, 3.05) is 0 Å². The average molecular weight is 798 g/mol. The van der Waals surface area contributed by atoms with Gasteiger partial charge in [-0.05, 0) is 0 Å². The fourth-order valence-electron chi connectivity index (χ4n) is 2.70. The molecule has 37 heavy (non-hydrogen) atoms. The van der Waals surface area contributed by atoms with Crippen LogP contribution in [0.15, 0.2) is 0 Å². The quantitative estimate of drug-likeness (QED) is 0.117. The molecular weight excluding hydrogens is 798 g/mol. The van der Waals surface area contributed by atoms with Crippen molar-refractivity contribution in [2.45, 2.75) is 0 Å². The molecule has 0 saturated carbocycles. The Hall–Kier alpha value is -1.69. The predicted molar refractivity (Wildman–Crippen MR) is 96.2 cm³/mol. The number of benzene rings is 3. The molecule has 3 aromatic carbocycles. The molecule has 0 unspecified atom stereocenters. The number of rotatable bonds is 3. The molecule has 0 amide bonds. The Bertz CT molecular complexity index is 1150. The van der Waals surface area contributed by atoms with E-state index >= 15 is 0 Å². The van der Waals surface area contributed by atoms with Crippen LogP contribution in [0.25, 0.3) is 0 Å². The standard InChI is InChI=1S/C18F15P.2ClH.Pt/c19-1-4(22)10(28)16(11(29)5(1)23)34(17-12(30)6(24)2(20)7(25)13(17)31)18-14(32)8(26)3(21)9(27)15(18)33;;;/h;2*1H;/q;;;+2/p-2. The third-order valence-electron chi connectivity index (χ3n) is 4.23. The van der Waals surface area contributed by atoms with Crippen LogP contribution < -0.4 is 15.9 Å². The normalized spacial score (nSPS) is 11.3. The summed E-state index contributed by atoms with van der Waals surface area (Å²) >= 11 is -0.472. The average Bonchev–Trinajstić information content (AvgIpc) is 2.86. The molecule has 0 N–H and O–H groups in total. The third kappa shape index (κ3) is 5.29. The molecule has 0 aliphatic rings. The van der Waals surface area contributed by atoms with E-state index in [1.807, 2.05) is 0 Å². The first-order valence-corrected chi connectivity index (χ1v) is 15.2. The maximum absolute atomic E-state index is 14.4. The predicted octanol–water partition coefficient (Wildman–Crippen LogP) is 6.91. The first-order valence-electron chi connectivity index (χ1n) is 8.24. The summed E-state index contributed by atoms with van der Waals surface area (Å²) in [6.07, 6.45) is 0. The van der Waals surface area contributed by atoms with Gasteiger partial charge in [-0.3, -0.25) is 0 Å². The first kappa shape index (κ1) is 31.5. The van der Waals surface area contributed by atoms with E-state index in [1.165, 1.54) is 0 Å². The number of hydrogen-bond acceptors (Lipinski definition) is 0. The van der Waals surface area contributed by atoms with Crippen LogP contribution in [0.4, 0.5) is 65.9 Å². The minimum absolute atomic E-state index is 0.472. The molecule has 0 radical (unpaired) electrons. The third-order valence-corrected chi connectivity index (χ3v) is 6.75. The Morgan fingerprint density at radius 1 is 0.297 bits per heavy atom. The summed E-state index contributed by atoms with van der Waals surface area (Å²) in [5.41, 5.74) is 0. The molecule has 0 bridgehead atoms. The second-order valence-electron chi connectivity index (χ2n) is 6.14. The van der Waals surface area contributed by atoms with E-state index in [-0.39, 0.29) is 0 Å². The molecular formula is C18Cl2F15PPt. The summed E-state index contributed by atoms with van der Waals surface area (Å²) in [7, 11) is 4.85. The number of halogens is 17. The van der Waals surface area contributed by atoms with E-state index in [2.05, 4.69) is 0 Å². The van der Waals surface area contributed by atoms with Crippen LogP contribution >= 0.6 is 26.8 Å². The van der Waals surface area contributed by atoms with Crippen LogP contribution in [0, 0.1) is 87.3 Å². The van der Waals surface area contributed by atoms with Crippen molar-refractivity contribution in [1.82, 2.24) is 0 Å². The van der Waals surface area contributed by atoms with Gasteiger partial charge in [-0.15, -0.1) is 0 Å². The molecule has 0 spiro atoms. The van der Waals surface area contributed by atoms with Crippen molar-refractivity contribution in [1.29, 1.82) is 0 Å². The van der Waals surface area contributed by atoms with Crippen LogP contribution in [-0.4, -0.2) is 0 Å². The van der Waals surface area contributed by atoms with Gasteiger partial charge in [-0.2, -0.15) is 0 Å². The Morgan fingerprint density at radius 2 is 0.405 bits per heavy atom. The Morgan fingerprint density at radius 3 is 0.541 bits per heavy atom. The molecule has 0 saturated heterocycles. The zero-order valence-corrected chi connectivity index (χ0v) is 20.9. The monoisotopic (exact) mass is 797 g/mol. The Labute approximate surface area is 212 Å². The van der Waals surface area contributed by atoms with Crippen LogP contribution in [0.2, 0.25) is 0 Å². The number of hydrogen-bond donors (Lipinski definition) is 0. The Balaban J connectivity index is 0.00000153. The van der Waals surface area contributed by atoms with Gasteiger partial charge >= 0.3 is 35.3 Å². The SMILES string of the molecule is Fc1c(F)c(F)c(P(c2c(F)c(F)c(F)c(F)c2F)c2c(F)c(F)c(F)c(F)c2F)c(F)c1F.[Cl][Pt][Cl]. The fourth-order valence-corrected chi connectivity index (χ4v) is 5.14. The van der Waals surface area contributed by atoms with E-state index in [9.17, 15) is 65.9 Å². The van der Waals surface area contributed by atoms with E-state index in [4.69, 9.17) is 18.8 Å².